The quantitative estimate of drug-likeness (QED) is 0.793. The molecule has 0 saturated carbocycles. The molecule has 1 heterocycles. The Morgan fingerprint density at radius 1 is 1.25 bits per heavy atom. The first-order valence-corrected chi connectivity index (χ1v) is 7.87. The van der Waals surface area contributed by atoms with E-state index >= 15 is 0 Å². The Balaban J connectivity index is 2.12. The van der Waals surface area contributed by atoms with Gasteiger partial charge in [-0.3, -0.25) is 4.79 Å². The van der Waals surface area contributed by atoms with E-state index in [1.807, 2.05) is 0 Å². The molecule has 0 atom stereocenters. The van der Waals surface area contributed by atoms with Crippen LogP contribution in [0.4, 0.5) is 14.5 Å². The van der Waals surface area contributed by atoms with Crippen molar-refractivity contribution in [3.05, 3.63) is 29.3 Å². The first-order chi connectivity index (χ1) is 9.30. The molecule has 1 aromatic carbocycles. The molecule has 0 unspecified atom stereocenters. The minimum Gasteiger partial charge on any atom is -0.396 e. The van der Waals surface area contributed by atoms with Gasteiger partial charge in [0.2, 0.25) is 0 Å². The topological polar surface area (TPSA) is 89.3 Å². The Morgan fingerprint density at radius 3 is 2.45 bits per heavy atom. The van der Waals surface area contributed by atoms with Gasteiger partial charge in [-0.05, 0) is 25.0 Å². The predicted octanol–water partition coefficient (Wildman–Crippen LogP) is 0.854. The summed E-state index contributed by atoms with van der Waals surface area (Å²) in [4.78, 5) is 11.9. The Morgan fingerprint density at radius 2 is 1.85 bits per heavy atom. The third-order valence-corrected chi connectivity index (χ3v) is 4.95. The van der Waals surface area contributed by atoms with Crippen molar-refractivity contribution in [1.82, 2.24) is 5.32 Å². The van der Waals surface area contributed by atoms with Crippen molar-refractivity contribution in [2.75, 3.05) is 17.2 Å². The highest BCUT2D eigenvalue weighted by atomic mass is 32.2. The summed E-state index contributed by atoms with van der Waals surface area (Å²) in [6, 6.07) is 1.54. The highest BCUT2D eigenvalue weighted by molar-refractivity contribution is 7.91. The molecule has 1 amide bonds. The second-order valence-corrected chi connectivity index (χ2v) is 7.03. The van der Waals surface area contributed by atoms with Gasteiger partial charge in [0.15, 0.2) is 5.82 Å². The summed E-state index contributed by atoms with van der Waals surface area (Å²) in [5.74, 6) is -3.11. The minimum absolute atomic E-state index is 0.0418. The third kappa shape index (κ3) is 3.06. The fourth-order valence-electron chi connectivity index (χ4n) is 2.07. The first-order valence-electron chi connectivity index (χ1n) is 6.05. The van der Waals surface area contributed by atoms with Crippen LogP contribution < -0.4 is 11.1 Å². The van der Waals surface area contributed by atoms with E-state index in [4.69, 9.17) is 5.73 Å². The lowest BCUT2D eigenvalue weighted by Crippen LogP contribution is -2.41. The highest BCUT2D eigenvalue weighted by Crippen LogP contribution is 2.19. The van der Waals surface area contributed by atoms with E-state index in [9.17, 15) is 22.0 Å². The number of carbonyl (C=O) groups excluding carboxylic acids is 1. The van der Waals surface area contributed by atoms with E-state index in [-0.39, 0.29) is 30.0 Å². The molecule has 1 saturated heterocycles. The SMILES string of the molecule is Nc1ccc(F)c(C(=O)NC2CCS(=O)(=O)CC2)c1F. The molecular weight excluding hydrogens is 290 g/mol. The molecular formula is C12H14F2N2O3S. The van der Waals surface area contributed by atoms with Gasteiger partial charge in [-0.15, -0.1) is 0 Å². The number of carbonyl (C=O) groups is 1. The van der Waals surface area contributed by atoms with E-state index in [1.54, 1.807) is 0 Å². The third-order valence-electron chi connectivity index (χ3n) is 3.24. The fraction of sp³-hybridized carbons (Fsp3) is 0.417. The number of nitrogens with one attached hydrogen (secondary N) is 1. The van der Waals surface area contributed by atoms with Crippen molar-refractivity contribution in [2.24, 2.45) is 0 Å². The summed E-state index contributed by atoms with van der Waals surface area (Å²) in [5, 5.41) is 2.44. The van der Waals surface area contributed by atoms with Gasteiger partial charge in [0.1, 0.15) is 21.2 Å². The normalized spacial score (nSPS) is 18.7. The van der Waals surface area contributed by atoms with Gasteiger partial charge in [-0.2, -0.15) is 0 Å². The van der Waals surface area contributed by atoms with E-state index in [2.05, 4.69) is 5.32 Å². The van der Waals surface area contributed by atoms with Crippen LogP contribution in [0.5, 0.6) is 0 Å². The fourth-order valence-corrected chi connectivity index (χ4v) is 3.56. The number of rotatable bonds is 2. The first kappa shape index (κ1) is 14.7. The molecule has 2 rings (SSSR count). The molecule has 20 heavy (non-hydrogen) atoms. The molecule has 1 aliphatic heterocycles. The lowest BCUT2D eigenvalue weighted by atomic mass is 10.1. The van der Waals surface area contributed by atoms with E-state index in [0.29, 0.717) is 0 Å². The maximum Gasteiger partial charge on any atom is 0.257 e. The molecule has 0 bridgehead atoms. The van der Waals surface area contributed by atoms with Crippen molar-refractivity contribution in [3.63, 3.8) is 0 Å². The highest BCUT2D eigenvalue weighted by Gasteiger charge is 2.27. The van der Waals surface area contributed by atoms with Crippen LogP contribution in [0, 0.1) is 11.6 Å². The number of halogens is 2. The number of benzene rings is 1. The summed E-state index contributed by atoms with van der Waals surface area (Å²) in [6.07, 6.45) is 0.471. The average Bonchev–Trinajstić information content (AvgIpc) is 2.37. The number of amides is 1. The summed E-state index contributed by atoms with van der Waals surface area (Å²) >= 11 is 0. The molecule has 0 radical (unpaired) electrons. The Hall–Kier alpha value is -1.70. The molecule has 1 aliphatic rings. The van der Waals surface area contributed by atoms with Crippen LogP contribution >= 0.6 is 0 Å². The van der Waals surface area contributed by atoms with Gasteiger partial charge in [-0.1, -0.05) is 0 Å². The van der Waals surface area contributed by atoms with Crippen LogP contribution in [0.15, 0.2) is 12.1 Å². The van der Waals surface area contributed by atoms with Crippen molar-refractivity contribution in [2.45, 2.75) is 18.9 Å². The van der Waals surface area contributed by atoms with E-state index in [0.717, 1.165) is 12.1 Å². The summed E-state index contributed by atoms with van der Waals surface area (Å²) in [6.45, 7) is 0. The van der Waals surface area contributed by atoms with Gasteiger partial charge in [0.05, 0.1) is 17.2 Å². The van der Waals surface area contributed by atoms with Crippen LogP contribution in [0.3, 0.4) is 0 Å². The van der Waals surface area contributed by atoms with Crippen molar-refractivity contribution < 1.29 is 22.0 Å². The molecule has 110 valence electrons. The second-order valence-electron chi connectivity index (χ2n) is 4.73. The molecule has 5 nitrogen and oxygen atoms in total. The molecule has 1 aromatic rings. The van der Waals surface area contributed by atoms with E-state index < -0.39 is 39.0 Å². The smallest absolute Gasteiger partial charge is 0.257 e. The Kier molecular flexibility index (Phi) is 3.94. The van der Waals surface area contributed by atoms with Crippen LogP contribution in [0.1, 0.15) is 23.2 Å². The second kappa shape index (κ2) is 5.35. The van der Waals surface area contributed by atoms with Gasteiger partial charge < -0.3 is 11.1 Å². The molecule has 3 N–H and O–H groups in total. The summed E-state index contributed by atoms with van der Waals surface area (Å²) < 4.78 is 49.7. The Labute approximate surface area is 115 Å². The number of hydrogen-bond acceptors (Lipinski definition) is 4. The standard InChI is InChI=1S/C12H14F2N2O3S/c13-8-1-2-9(15)11(14)10(8)12(17)16-7-3-5-20(18,19)6-4-7/h1-2,7H,3-6,15H2,(H,16,17). The van der Waals surface area contributed by atoms with Crippen LogP contribution in [0.2, 0.25) is 0 Å². The zero-order valence-corrected chi connectivity index (χ0v) is 11.3. The van der Waals surface area contributed by atoms with Crippen molar-refractivity contribution in [3.8, 4) is 0 Å². The van der Waals surface area contributed by atoms with Crippen LogP contribution in [0.25, 0.3) is 0 Å². The van der Waals surface area contributed by atoms with Gasteiger partial charge in [0.25, 0.3) is 5.91 Å². The zero-order chi connectivity index (χ0) is 14.9. The number of nitrogen functional groups attached to an aromatic ring is 1. The largest absolute Gasteiger partial charge is 0.396 e. The van der Waals surface area contributed by atoms with Gasteiger partial charge >= 0.3 is 0 Å². The van der Waals surface area contributed by atoms with Crippen LogP contribution in [-0.2, 0) is 9.84 Å². The molecule has 1 fully saturated rings. The predicted molar refractivity (Wildman–Crippen MR) is 69.9 cm³/mol. The molecule has 0 aromatic heterocycles. The molecule has 8 heteroatoms. The summed E-state index contributed by atoms with van der Waals surface area (Å²) in [7, 11) is -3.06. The lowest BCUT2D eigenvalue weighted by Gasteiger charge is -2.23. The zero-order valence-electron chi connectivity index (χ0n) is 10.5. The number of nitrogens with two attached hydrogens (primary N) is 1. The number of anilines is 1. The Bertz CT molecular complexity index is 632. The van der Waals surface area contributed by atoms with Crippen molar-refractivity contribution >= 4 is 21.4 Å². The van der Waals surface area contributed by atoms with Gasteiger partial charge in [-0.25, -0.2) is 17.2 Å². The number of sulfone groups is 1. The number of hydrogen-bond donors (Lipinski definition) is 2. The minimum atomic E-state index is -3.06. The van der Waals surface area contributed by atoms with E-state index in [1.165, 1.54) is 0 Å². The maximum absolute atomic E-state index is 13.7. The van der Waals surface area contributed by atoms with Crippen LogP contribution in [-0.4, -0.2) is 31.9 Å². The summed E-state index contributed by atoms with van der Waals surface area (Å²) in [5.41, 5.74) is 4.24. The monoisotopic (exact) mass is 304 g/mol. The van der Waals surface area contributed by atoms with Crippen molar-refractivity contribution in [1.29, 1.82) is 0 Å². The average molecular weight is 304 g/mol. The molecule has 0 spiro atoms. The lowest BCUT2D eigenvalue weighted by molar-refractivity contribution is 0.0926. The van der Waals surface area contributed by atoms with Gasteiger partial charge in [0, 0.05) is 6.04 Å². The molecule has 0 aliphatic carbocycles. The maximum atomic E-state index is 13.7.